The summed E-state index contributed by atoms with van der Waals surface area (Å²) in [7, 11) is 0. The van der Waals surface area contributed by atoms with E-state index in [0.29, 0.717) is 16.7 Å². The smallest absolute Gasteiger partial charge is 0.248 e. The third-order valence-corrected chi connectivity index (χ3v) is 2.23. The highest BCUT2D eigenvalue weighted by Gasteiger charge is 2.12. The van der Waals surface area contributed by atoms with E-state index in [0.717, 1.165) is 0 Å². The van der Waals surface area contributed by atoms with Crippen LogP contribution in [0.25, 0.3) is 0 Å². The maximum Gasteiger partial charge on any atom is 0.248 e. The highest BCUT2D eigenvalue weighted by atomic mass is 16.2. The number of aryl methyl sites for hydroxylation is 1. The molecule has 0 aliphatic carbocycles. The Morgan fingerprint density at radius 1 is 1.25 bits per heavy atom. The number of Topliss-reactive ketones (excluding diaryl/α,β-unsaturated/α-hetero) is 2. The minimum atomic E-state index is -0.574. The van der Waals surface area contributed by atoms with Gasteiger partial charge in [0.2, 0.25) is 5.91 Å². The van der Waals surface area contributed by atoms with Crippen molar-refractivity contribution in [2.45, 2.75) is 20.3 Å². The van der Waals surface area contributed by atoms with Gasteiger partial charge in [0.1, 0.15) is 5.78 Å². The Hall–Kier alpha value is -1.97. The average molecular weight is 219 g/mol. The zero-order chi connectivity index (χ0) is 12.3. The van der Waals surface area contributed by atoms with Crippen LogP contribution in [0.1, 0.15) is 39.6 Å². The van der Waals surface area contributed by atoms with Gasteiger partial charge in [-0.1, -0.05) is 12.1 Å². The van der Waals surface area contributed by atoms with Gasteiger partial charge in [-0.15, -0.1) is 0 Å². The third kappa shape index (κ3) is 2.76. The molecule has 1 aromatic rings. The zero-order valence-corrected chi connectivity index (χ0v) is 9.24. The first-order valence-corrected chi connectivity index (χ1v) is 4.85. The van der Waals surface area contributed by atoms with E-state index in [9.17, 15) is 14.4 Å². The summed E-state index contributed by atoms with van der Waals surface area (Å²) in [5.74, 6) is -1.07. The number of hydrogen-bond donors (Lipinski definition) is 1. The number of amides is 1. The number of benzene rings is 1. The molecule has 1 amide bonds. The summed E-state index contributed by atoms with van der Waals surface area (Å²) in [6.07, 6.45) is -0.152. The predicted octanol–water partition coefficient (Wildman–Crippen LogP) is 1.26. The number of primary amides is 1. The van der Waals surface area contributed by atoms with Crippen molar-refractivity contribution in [3.8, 4) is 0 Å². The van der Waals surface area contributed by atoms with Crippen molar-refractivity contribution in [2.24, 2.45) is 5.73 Å². The van der Waals surface area contributed by atoms with Gasteiger partial charge in [-0.2, -0.15) is 0 Å². The fourth-order valence-electron chi connectivity index (χ4n) is 1.39. The summed E-state index contributed by atoms with van der Waals surface area (Å²) in [6.45, 7) is 3.08. The van der Waals surface area contributed by atoms with Gasteiger partial charge in [-0.25, -0.2) is 0 Å². The molecule has 0 atom stereocenters. The lowest BCUT2D eigenvalue weighted by Crippen LogP contribution is -2.14. The fourth-order valence-corrected chi connectivity index (χ4v) is 1.39. The molecule has 2 N–H and O–H groups in total. The van der Waals surface area contributed by atoms with Crippen LogP contribution in [-0.4, -0.2) is 17.5 Å². The number of carbonyl (C=O) groups is 3. The molecule has 16 heavy (non-hydrogen) atoms. The van der Waals surface area contributed by atoms with E-state index in [2.05, 4.69) is 0 Å². The van der Waals surface area contributed by atoms with Gasteiger partial charge in [-0.05, 0) is 25.5 Å². The van der Waals surface area contributed by atoms with E-state index in [4.69, 9.17) is 5.73 Å². The van der Waals surface area contributed by atoms with Crippen molar-refractivity contribution >= 4 is 17.5 Å². The predicted molar refractivity (Wildman–Crippen MR) is 59.3 cm³/mol. The molecule has 0 unspecified atom stereocenters. The molecule has 0 bridgehead atoms. The molecular formula is C12H13NO3. The van der Waals surface area contributed by atoms with Crippen molar-refractivity contribution in [1.82, 2.24) is 0 Å². The maximum absolute atomic E-state index is 11.6. The molecule has 0 aromatic heterocycles. The van der Waals surface area contributed by atoms with Crippen molar-refractivity contribution in [2.75, 3.05) is 0 Å². The van der Waals surface area contributed by atoms with Crippen LogP contribution >= 0.6 is 0 Å². The van der Waals surface area contributed by atoms with Crippen LogP contribution in [0.5, 0.6) is 0 Å². The number of hydrogen-bond acceptors (Lipinski definition) is 3. The van der Waals surface area contributed by atoms with Crippen LogP contribution < -0.4 is 5.73 Å². The monoisotopic (exact) mass is 219 g/mol. The van der Waals surface area contributed by atoms with Crippen molar-refractivity contribution in [1.29, 1.82) is 0 Å². The molecule has 0 radical (unpaired) electrons. The van der Waals surface area contributed by atoms with E-state index in [1.165, 1.54) is 13.0 Å². The second-order valence-electron chi connectivity index (χ2n) is 3.70. The molecule has 4 nitrogen and oxygen atoms in total. The summed E-state index contributed by atoms with van der Waals surface area (Å²) < 4.78 is 0. The van der Waals surface area contributed by atoms with Crippen LogP contribution in [0.4, 0.5) is 0 Å². The van der Waals surface area contributed by atoms with Crippen molar-refractivity contribution in [3.05, 3.63) is 34.9 Å². The second kappa shape index (κ2) is 4.70. The minimum absolute atomic E-state index is 0.152. The van der Waals surface area contributed by atoms with Gasteiger partial charge < -0.3 is 5.73 Å². The summed E-state index contributed by atoms with van der Waals surface area (Å²) in [4.78, 5) is 33.4. The zero-order valence-electron chi connectivity index (χ0n) is 9.24. The fraction of sp³-hybridized carbons (Fsp3) is 0.250. The van der Waals surface area contributed by atoms with Gasteiger partial charge in [0, 0.05) is 11.1 Å². The first-order chi connectivity index (χ1) is 7.41. The van der Waals surface area contributed by atoms with E-state index in [1.807, 2.05) is 0 Å². The molecule has 0 aliphatic heterocycles. The maximum atomic E-state index is 11.6. The van der Waals surface area contributed by atoms with Crippen molar-refractivity contribution < 1.29 is 14.4 Å². The Labute approximate surface area is 93.4 Å². The molecule has 0 fully saturated rings. The van der Waals surface area contributed by atoms with Crippen LogP contribution in [0, 0.1) is 6.92 Å². The summed E-state index contributed by atoms with van der Waals surface area (Å²) in [5, 5.41) is 0. The average Bonchev–Trinajstić information content (AvgIpc) is 2.16. The Kier molecular flexibility index (Phi) is 3.55. The van der Waals surface area contributed by atoms with Gasteiger partial charge >= 0.3 is 0 Å². The highest BCUT2D eigenvalue weighted by Crippen LogP contribution is 2.12. The highest BCUT2D eigenvalue weighted by molar-refractivity contribution is 6.08. The van der Waals surface area contributed by atoms with Gasteiger partial charge in [0.15, 0.2) is 5.78 Å². The first kappa shape index (κ1) is 12.1. The summed E-state index contributed by atoms with van der Waals surface area (Å²) >= 11 is 0. The number of carbonyl (C=O) groups excluding carboxylic acids is 3. The normalized spacial score (nSPS) is 9.88. The van der Waals surface area contributed by atoms with Gasteiger partial charge in [-0.3, -0.25) is 14.4 Å². The van der Waals surface area contributed by atoms with Crippen molar-refractivity contribution in [3.63, 3.8) is 0 Å². The van der Waals surface area contributed by atoms with Crippen LogP contribution in [0.2, 0.25) is 0 Å². The number of nitrogens with two attached hydrogens (primary N) is 1. The third-order valence-electron chi connectivity index (χ3n) is 2.23. The summed E-state index contributed by atoms with van der Waals surface area (Å²) in [6, 6.07) is 4.67. The molecule has 1 rings (SSSR count). The molecule has 0 aliphatic rings. The number of ketones is 2. The van der Waals surface area contributed by atoms with E-state index in [-0.39, 0.29) is 18.0 Å². The van der Waals surface area contributed by atoms with E-state index >= 15 is 0 Å². The Morgan fingerprint density at radius 2 is 1.88 bits per heavy atom. The lowest BCUT2D eigenvalue weighted by Gasteiger charge is -2.04. The Bertz CT molecular complexity index is 463. The van der Waals surface area contributed by atoms with E-state index in [1.54, 1.807) is 19.1 Å². The second-order valence-corrected chi connectivity index (χ2v) is 3.70. The largest absolute Gasteiger partial charge is 0.366 e. The Morgan fingerprint density at radius 3 is 2.38 bits per heavy atom. The number of rotatable bonds is 4. The minimum Gasteiger partial charge on any atom is -0.366 e. The molecular weight excluding hydrogens is 206 g/mol. The lowest BCUT2D eigenvalue weighted by molar-refractivity contribution is -0.116. The molecule has 0 heterocycles. The topological polar surface area (TPSA) is 77.2 Å². The molecule has 84 valence electrons. The molecule has 0 spiro atoms. The van der Waals surface area contributed by atoms with Gasteiger partial charge in [0.25, 0.3) is 0 Å². The lowest BCUT2D eigenvalue weighted by atomic mass is 10.00. The van der Waals surface area contributed by atoms with Crippen LogP contribution in [-0.2, 0) is 4.79 Å². The Balaban J connectivity index is 3.08. The molecule has 0 saturated carbocycles. The van der Waals surface area contributed by atoms with E-state index < -0.39 is 5.91 Å². The van der Waals surface area contributed by atoms with Gasteiger partial charge in [0.05, 0.1) is 6.42 Å². The molecule has 1 aromatic carbocycles. The van der Waals surface area contributed by atoms with Crippen LogP contribution in [0.3, 0.4) is 0 Å². The molecule has 0 saturated heterocycles. The summed E-state index contributed by atoms with van der Waals surface area (Å²) in [5.41, 5.74) is 6.54. The standard InChI is InChI=1S/C12H13NO3/c1-7-3-4-9(6-10(7)12(13)16)11(15)5-8(2)14/h3-4,6H,5H2,1-2H3,(H2,13,16). The SMILES string of the molecule is CC(=O)CC(=O)c1ccc(C)c(C(N)=O)c1. The quantitative estimate of drug-likeness (QED) is 0.611. The van der Waals surface area contributed by atoms with Crippen LogP contribution in [0.15, 0.2) is 18.2 Å². The first-order valence-electron chi connectivity index (χ1n) is 4.85. The molecule has 4 heteroatoms.